The summed E-state index contributed by atoms with van der Waals surface area (Å²) in [6.45, 7) is 1.49. The molecule has 0 spiro atoms. The number of aliphatic imine (C=N–C) groups is 2. The topological polar surface area (TPSA) is 46.0 Å². The summed E-state index contributed by atoms with van der Waals surface area (Å²) in [6, 6.07) is 18.5. The lowest BCUT2D eigenvalue weighted by molar-refractivity contribution is -0.789. The van der Waals surface area contributed by atoms with Gasteiger partial charge in [0.05, 0.1) is 18.0 Å². The minimum Gasteiger partial charge on any atom is -0.489 e. The summed E-state index contributed by atoms with van der Waals surface area (Å²) >= 11 is 0. The van der Waals surface area contributed by atoms with Gasteiger partial charge in [0, 0.05) is 12.1 Å². The van der Waals surface area contributed by atoms with Crippen LogP contribution in [0.2, 0.25) is 0 Å². The summed E-state index contributed by atoms with van der Waals surface area (Å²) in [5.41, 5.74) is 9.17. The summed E-state index contributed by atoms with van der Waals surface area (Å²) in [5.74, 6) is 2.52. The molecule has 0 bridgehead atoms. The van der Waals surface area contributed by atoms with Gasteiger partial charge in [0.25, 0.3) is 5.84 Å². The molecule has 5 nitrogen and oxygen atoms in total. The number of quaternary nitrogens is 1. The van der Waals surface area contributed by atoms with Gasteiger partial charge in [-0.2, -0.15) is 10.4 Å². The Morgan fingerprint density at radius 2 is 1.94 bits per heavy atom. The number of fused-ring (bicyclic) bond motifs is 1. The maximum Gasteiger partial charge on any atom is 0.265 e. The Bertz CT molecular complexity index is 1230. The van der Waals surface area contributed by atoms with Crippen molar-refractivity contribution in [1.29, 1.82) is 0 Å². The Morgan fingerprint density at radius 1 is 1.06 bits per heavy atom. The Labute approximate surface area is 188 Å². The van der Waals surface area contributed by atoms with Crippen LogP contribution in [0.4, 0.5) is 0 Å². The molecule has 1 unspecified atom stereocenters. The van der Waals surface area contributed by atoms with E-state index in [-0.39, 0.29) is 0 Å². The van der Waals surface area contributed by atoms with Gasteiger partial charge in [-0.15, -0.1) is 4.59 Å². The van der Waals surface area contributed by atoms with Gasteiger partial charge < -0.3 is 4.74 Å². The second kappa shape index (κ2) is 7.86. The van der Waals surface area contributed by atoms with E-state index in [0.717, 1.165) is 52.1 Å². The van der Waals surface area contributed by atoms with E-state index in [0.29, 0.717) is 11.2 Å². The lowest BCUT2D eigenvalue weighted by Crippen LogP contribution is -2.57. The SMILES string of the molecule is C1=CC(C2=C3C=NC=C[N+]3(NCC3CC3)C(c3cccc(OCc4ccccc4)c3)=N2)=C1. The number of amidine groups is 1. The van der Waals surface area contributed by atoms with Gasteiger partial charge in [0.1, 0.15) is 24.3 Å². The van der Waals surface area contributed by atoms with Gasteiger partial charge in [0.15, 0.2) is 0 Å². The molecular weight excluding hydrogens is 396 g/mol. The van der Waals surface area contributed by atoms with Crippen molar-refractivity contribution in [1.82, 2.24) is 5.43 Å². The van der Waals surface area contributed by atoms with Crippen LogP contribution < -0.4 is 10.2 Å². The van der Waals surface area contributed by atoms with Crippen molar-refractivity contribution in [3.05, 3.63) is 113 Å². The zero-order chi connectivity index (χ0) is 21.4. The van der Waals surface area contributed by atoms with Gasteiger partial charge in [-0.25, -0.2) is 0 Å². The van der Waals surface area contributed by atoms with Crippen LogP contribution in [0.1, 0.15) is 24.0 Å². The molecule has 32 heavy (non-hydrogen) atoms. The molecule has 4 aliphatic rings. The van der Waals surface area contributed by atoms with E-state index in [1.807, 2.05) is 42.7 Å². The van der Waals surface area contributed by atoms with Gasteiger partial charge in [-0.1, -0.05) is 54.6 Å². The minimum atomic E-state index is 0.392. The number of rotatable bonds is 8. The molecule has 1 fully saturated rings. The first-order valence-electron chi connectivity index (χ1n) is 11.2. The first-order valence-corrected chi connectivity index (χ1v) is 11.2. The molecule has 2 aromatic rings. The number of hydrogen-bond donors (Lipinski definition) is 1. The van der Waals surface area contributed by atoms with Crippen LogP contribution in [0.15, 0.2) is 112 Å². The molecule has 158 valence electrons. The number of benzene rings is 2. The fourth-order valence-electron chi connectivity index (χ4n) is 4.18. The molecule has 1 N–H and O–H groups in total. The predicted molar refractivity (Wildman–Crippen MR) is 127 cm³/mol. The van der Waals surface area contributed by atoms with Crippen molar-refractivity contribution in [2.24, 2.45) is 15.9 Å². The Morgan fingerprint density at radius 3 is 2.72 bits per heavy atom. The highest BCUT2D eigenvalue weighted by Gasteiger charge is 2.48. The van der Waals surface area contributed by atoms with Crippen LogP contribution in [-0.2, 0) is 6.61 Å². The fourth-order valence-corrected chi connectivity index (χ4v) is 4.18. The quantitative estimate of drug-likeness (QED) is 0.609. The van der Waals surface area contributed by atoms with Crippen molar-refractivity contribution >= 4 is 12.1 Å². The molecule has 0 saturated heterocycles. The van der Waals surface area contributed by atoms with Crippen LogP contribution in [0.5, 0.6) is 5.75 Å². The number of nitrogens with one attached hydrogen (secondary N) is 1. The lowest BCUT2D eigenvalue weighted by atomic mass is 10.0. The largest absolute Gasteiger partial charge is 0.489 e. The Balaban J connectivity index is 1.34. The van der Waals surface area contributed by atoms with E-state index in [1.54, 1.807) is 0 Å². The average molecular weight is 422 g/mol. The molecule has 0 radical (unpaired) electrons. The molecule has 6 rings (SSSR count). The molecule has 0 aromatic heterocycles. The van der Waals surface area contributed by atoms with Gasteiger partial charge in [0.2, 0.25) is 5.70 Å². The molecule has 2 heterocycles. The summed E-state index contributed by atoms with van der Waals surface area (Å²) in [6.07, 6.45) is 14.8. The minimum absolute atomic E-state index is 0.392. The second-order valence-corrected chi connectivity index (χ2v) is 8.56. The Kier molecular flexibility index (Phi) is 4.71. The summed E-state index contributed by atoms with van der Waals surface area (Å²) in [7, 11) is 0. The zero-order valence-electron chi connectivity index (χ0n) is 17.8. The van der Waals surface area contributed by atoms with Crippen molar-refractivity contribution in [3.63, 3.8) is 0 Å². The zero-order valence-corrected chi connectivity index (χ0v) is 17.8. The molecule has 0 amide bonds. The second-order valence-electron chi connectivity index (χ2n) is 8.56. The predicted octanol–water partition coefficient (Wildman–Crippen LogP) is 5.02. The van der Waals surface area contributed by atoms with Crippen LogP contribution in [-0.4, -0.2) is 23.2 Å². The standard InChI is InChI=1S/C27H25N4O/c1-2-6-21(7-3-1)19-32-24-11-5-10-23(16-24)27-30-26(22-8-4-9-22)25-18-28-14-15-31(25,27)29-17-20-12-13-20/h1-11,14-16,18,20,29H,12-13,17,19H2/q+1. The van der Waals surface area contributed by atoms with E-state index in [9.17, 15) is 0 Å². The lowest BCUT2D eigenvalue weighted by Gasteiger charge is -2.32. The Hall–Kier alpha value is -3.54. The highest BCUT2D eigenvalue weighted by Crippen LogP contribution is 2.39. The molecule has 2 aliphatic carbocycles. The fraction of sp³-hybridized carbons (Fsp3) is 0.185. The number of ether oxygens (including phenoxy) is 1. The van der Waals surface area contributed by atoms with Gasteiger partial charge >= 0.3 is 0 Å². The third-order valence-corrected chi connectivity index (χ3v) is 6.24. The molecule has 5 heteroatoms. The molecule has 1 atom stereocenters. The smallest absolute Gasteiger partial charge is 0.265 e. The van der Waals surface area contributed by atoms with E-state index >= 15 is 0 Å². The van der Waals surface area contributed by atoms with Crippen molar-refractivity contribution < 1.29 is 9.33 Å². The van der Waals surface area contributed by atoms with Gasteiger partial charge in [-0.3, -0.25) is 4.99 Å². The average Bonchev–Trinajstić information content (AvgIpc) is 3.58. The van der Waals surface area contributed by atoms with E-state index in [2.05, 4.69) is 59.1 Å². The van der Waals surface area contributed by atoms with Gasteiger partial charge in [-0.05, 0) is 42.5 Å². The van der Waals surface area contributed by atoms with Crippen molar-refractivity contribution in [2.45, 2.75) is 19.4 Å². The summed E-state index contributed by atoms with van der Waals surface area (Å²) < 4.78 is 6.50. The highest BCUT2D eigenvalue weighted by molar-refractivity contribution is 6.01. The van der Waals surface area contributed by atoms with E-state index < -0.39 is 0 Å². The highest BCUT2D eigenvalue weighted by atomic mass is 16.5. The third kappa shape index (κ3) is 3.45. The van der Waals surface area contributed by atoms with E-state index in [4.69, 9.17) is 9.73 Å². The van der Waals surface area contributed by atoms with Crippen LogP contribution in [0.3, 0.4) is 0 Å². The van der Waals surface area contributed by atoms with Crippen LogP contribution >= 0.6 is 0 Å². The molecular formula is C27H25N4O+. The normalized spacial score (nSPS) is 23.0. The summed E-state index contributed by atoms with van der Waals surface area (Å²) in [4.78, 5) is 9.58. The number of allylic oxidation sites excluding steroid dienone is 4. The van der Waals surface area contributed by atoms with Crippen molar-refractivity contribution in [2.75, 3.05) is 6.54 Å². The monoisotopic (exact) mass is 421 g/mol. The first-order chi connectivity index (χ1) is 15.8. The van der Waals surface area contributed by atoms with Crippen LogP contribution in [0, 0.1) is 5.92 Å². The molecule has 1 saturated carbocycles. The number of nitrogens with zero attached hydrogens (tertiary/aromatic N) is 3. The molecule has 2 aromatic carbocycles. The third-order valence-electron chi connectivity index (χ3n) is 6.24. The van der Waals surface area contributed by atoms with E-state index in [1.165, 1.54) is 12.8 Å². The maximum absolute atomic E-state index is 6.11. The number of hydrogen-bond acceptors (Lipinski definition) is 4. The van der Waals surface area contributed by atoms with Crippen molar-refractivity contribution in [3.8, 4) is 5.75 Å². The first kappa shape index (κ1) is 19.2. The maximum atomic E-state index is 6.11. The van der Waals surface area contributed by atoms with Crippen LogP contribution in [0.25, 0.3) is 0 Å². The summed E-state index contributed by atoms with van der Waals surface area (Å²) in [5, 5.41) is 0. The molecule has 2 aliphatic heterocycles.